The van der Waals surface area contributed by atoms with E-state index in [-0.39, 0.29) is 6.04 Å². The number of rotatable bonds is 6. The molecule has 1 N–H and O–H groups in total. The zero-order valence-electron chi connectivity index (χ0n) is 11.6. The van der Waals surface area contributed by atoms with Crippen LogP contribution in [0, 0.1) is 0 Å². The van der Waals surface area contributed by atoms with E-state index in [0.717, 1.165) is 40.1 Å². The molecule has 1 aromatic heterocycles. The summed E-state index contributed by atoms with van der Waals surface area (Å²) in [5.74, 6) is 0. The largest absolute Gasteiger partial charge is 0.310 e. The van der Waals surface area contributed by atoms with Gasteiger partial charge in [-0.05, 0) is 46.6 Å². The summed E-state index contributed by atoms with van der Waals surface area (Å²) in [6.07, 6.45) is 3.83. The lowest BCUT2D eigenvalue weighted by molar-refractivity contribution is 0.524. The van der Waals surface area contributed by atoms with E-state index in [2.05, 4.69) is 44.5 Å². The highest BCUT2D eigenvalue weighted by molar-refractivity contribution is 9.10. The molecule has 0 fully saturated rings. The molecule has 0 aliphatic rings. The molecular formula is C14H18BrClN4. The molecule has 1 atom stereocenters. The van der Waals surface area contributed by atoms with Crippen LogP contribution in [0.15, 0.2) is 28.9 Å². The van der Waals surface area contributed by atoms with Crippen molar-refractivity contribution in [2.24, 2.45) is 7.05 Å². The summed E-state index contributed by atoms with van der Waals surface area (Å²) in [6, 6.07) is 6.25. The Balaban J connectivity index is 2.19. The van der Waals surface area contributed by atoms with Crippen LogP contribution in [0.4, 0.5) is 0 Å². The van der Waals surface area contributed by atoms with Crippen molar-refractivity contribution >= 4 is 27.5 Å². The zero-order chi connectivity index (χ0) is 14.5. The molecule has 4 nitrogen and oxygen atoms in total. The van der Waals surface area contributed by atoms with Crippen LogP contribution >= 0.6 is 27.5 Å². The van der Waals surface area contributed by atoms with Gasteiger partial charge in [-0.2, -0.15) is 0 Å². The molecule has 2 rings (SSSR count). The minimum Gasteiger partial charge on any atom is -0.310 e. The fourth-order valence-electron chi connectivity index (χ4n) is 2.05. The molecule has 0 spiro atoms. The first-order valence-electron chi connectivity index (χ1n) is 6.63. The zero-order valence-corrected chi connectivity index (χ0v) is 13.9. The van der Waals surface area contributed by atoms with Gasteiger partial charge in [0.05, 0.1) is 10.7 Å². The fraction of sp³-hybridized carbons (Fsp3) is 0.429. The highest BCUT2D eigenvalue weighted by Gasteiger charge is 2.14. The first-order chi connectivity index (χ1) is 9.60. The lowest BCUT2D eigenvalue weighted by Gasteiger charge is -2.18. The monoisotopic (exact) mass is 356 g/mol. The van der Waals surface area contributed by atoms with Crippen LogP contribution in [0.5, 0.6) is 0 Å². The van der Waals surface area contributed by atoms with Gasteiger partial charge in [-0.1, -0.05) is 29.8 Å². The van der Waals surface area contributed by atoms with Gasteiger partial charge in [0, 0.05) is 30.2 Å². The van der Waals surface area contributed by atoms with Gasteiger partial charge in [-0.3, -0.25) is 4.68 Å². The molecule has 108 valence electrons. The molecule has 0 bridgehead atoms. The first-order valence-corrected chi connectivity index (χ1v) is 7.80. The van der Waals surface area contributed by atoms with Gasteiger partial charge in [-0.25, -0.2) is 0 Å². The minimum absolute atomic E-state index is 0.192. The second kappa shape index (κ2) is 7.20. The molecule has 0 aliphatic heterocycles. The number of hydrogen-bond donors (Lipinski definition) is 1. The topological polar surface area (TPSA) is 42.7 Å². The summed E-state index contributed by atoms with van der Waals surface area (Å²) >= 11 is 9.62. The number of hydrogen-bond acceptors (Lipinski definition) is 3. The van der Waals surface area contributed by atoms with Crippen LogP contribution < -0.4 is 5.32 Å². The number of halogens is 2. The molecule has 0 saturated carbocycles. The van der Waals surface area contributed by atoms with E-state index >= 15 is 0 Å². The molecular weight excluding hydrogens is 340 g/mol. The molecule has 1 unspecified atom stereocenters. The maximum atomic E-state index is 6.19. The Morgan fingerprint density at radius 3 is 2.85 bits per heavy atom. The standard InChI is InChI=1S/C14H18BrClN4/c1-3-6-17-14(8-11-9-20(2)19-18-11)10-4-5-12(15)13(16)7-10/h4-5,7,9,14,17H,3,6,8H2,1-2H3. The molecule has 0 amide bonds. The van der Waals surface area contributed by atoms with E-state index in [9.17, 15) is 0 Å². The third kappa shape index (κ3) is 4.04. The van der Waals surface area contributed by atoms with Gasteiger partial charge < -0.3 is 5.32 Å². The summed E-state index contributed by atoms with van der Waals surface area (Å²) in [4.78, 5) is 0. The first kappa shape index (κ1) is 15.5. The third-order valence-corrected chi connectivity index (χ3v) is 4.28. The second-order valence-electron chi connectivity index (χ2n) is 4.77. The Kier molecular flexibility index (Phi) is 5.57. The van der Waals surface area contributed by atoms with Gasteiger partial charge in [0.1, 0.15) is 0 Å². The van der Waals surface area contributed by atoms with Gasteiger partial charge in [0.25, 0.3) is 0 Å². The average molecular weight is 358 g/mol. The van der Waals surface area contributed by atoms with Crippen LogP contribution in [-0.2, 0) is 13.5 Å². The minimum atomic E-state index is 0.192. The Morgan fingerprint density at radius 2 is 2.25 bits per heavy atom. The predicted octanol–water partition coefficient (Wildman–Crippen LogP) is 3.51. The van der Waals surface area contributed by atoms with Gasteiger partial charge in [-0.15, -0.1) is 5.10 Å². The average Bonchev–Trinajstić information content (AvgIpc) is 2.83. The van der Waals surface area contributed by atoms with Crippen molar-refractivity contribution in [3.63, 3.8) is 0 Å². The lowest BCUT2D eigenvalue weighted by Crippen LogP contribution is -2.24. The number of benzene rings is 1. The molecule has 20 heavy (non-hydrogen) atoms. The molecule has 1 heterocycles. The lowest BCUT2D eigenvalue weighted by atomic mass is 10.0. The van der Waals surface area contributed by atoms with E-state index in [1.807, 2.05) is 25.4 Å². The molecule has 2 aromatic rings. The van der Waals surface area contributed by atoms with Crippen molar-refractivity contribution in [3.8, 4) is 0 Å². The van der Waals surface area contributed by atoms with Crippen molar-refractivity contribution in [2.45, 2.75) is 25.8 Å². The van der Waals surface area contributed by atoms with Gasteiger partial charge in [0.2, 0.25) is 0 Å². The van der Waals surface area contributed by atoms with E-state index in [4.69, 9.17) is 11.6 Å². The van der Waals surface area contributed by atoms with Crippen molar-refractivity contribution in [3.05, 3.63) is 45.1 Å². The van der Waals surface area contributed by atoms with Crippen molar-refractivity contribution in [1.82, 2.24) is 20.3 Å². The molecule has 0 aliphatic carbocycles. The number of nitrogens with zero attached hydrogens (tertiary/aromatic N) is 3. The van der Waals surface area contributed by atoms with Crippen LogP contribution in [0.1, 0.15) is 30.6 Å². The van der Waals surface area contributed by atoms with Crippen LogP contribution in [0.25, 0.3) is 0 Å². The van der Waals surface area contributed by atoms with Gasteiger partial charge >= 0.3 is 0 Å². The molecule has 0 radical (unpaired) electrons. The SMILES string of the molecule is CCCNC(Cc1cn(C)nn1)c1ccc(Br)c(Cl)c1. The van der Waals surface area contributed by atoms with E-state index < -0.39 is 0 Å². The van der Waals surface area contributed by atoms with Gasteiger partial charge in [0.15, 0.2) is 0 Å². The molecule has 1 aromatic carbocycles. The Labute approximate surface area is 132 Å². The maximum absolute atomic E-state index is 6.19. The summed E-state index contributed by atoms with van der Waals surface area (Å²) < 4.78 is 2.64. The van der Waals surface area contributed by atoms with Crippen LogP contribution in [0.3, 0.4) is 0 Å². The summed E-state index contributed by atoms with van der Waals surface area (Å²) in [6.45, 7) is 3.11. The quantitative estimate of drug-likeness (QED) is 0.860. The second-order valence-corrected chi connectivity index (χ2v) is 6.03. The Hall–Kier alpha value is -0.910. The summed E-state index contributed by atoms with van der Waals surface area (Å²) in [7, 11) is 1.88. The predicted molar refractivity (Wildman–Crippen MR) is 84.9 cm³/mol. The number of aromatic nitrogens is 3. The Morgan fingerprint density at radius 1 is 1.45 bits per heavy atom. The van der Waals surface area contributed by atoms with E-state index in [1.54, 1.807) is 4.68 Å². The van der Waals surface area contributed by atoms with E-state index in [1.165, 1.54) is 0 Å². The fourth-order valence-corrected chi connectivity index (χ4v) is 2.49. The van der Waals surface area contributed by atoms with E-state index in [0.29, 0.717) is 0 Å². The maximum Gasteiger partial charge on any atom is 0.0845 e. The molecule has 0 saturated heterocycles. The summed E-state index contributed by atoms with van der Waals surface area (Å²) in [5, 5.41) is 12.4. The Bertz CT molecular complexity index is 570. The normalized spacial score (nSPS) is 12.6. The number of nitrogens with one attached hydrogen (secondary N) is 1. The third-order valence-electron chi connectivity index (χ3n) is 3.05. The van der Waals surface area contributed by atoms with Crippen LogP contribution in [0.2, 0.25) is 5.02 Å². The van der Waals surface area contributed by atoms with Crippen molar-refractivity contribution < 1.29 is 0 Å². The highest BCUT2D eigenvalue weighted by Crippen LogP contribution is 2.27. The number of aryl methyl sites for hydroxylation is 1. The summed E-state index contributed by atoms with van der Waals surface area (Å²) in [5.41, 5.74) is 2.14. The molecule has 6 heteroatoms. The van der Waals surface area contributed by atoms with Crippen molar-refractivity contribution in [1.29, 1.82) is 0 Å². The highest BCUT2D eigenvalue weighted by atomic mass is 79.9. The van der Waals surface area contributed by atoms with Crippen LogP contribution in [-0.4, -0.2) is 21.5 Å². The van der Waals surface area contributed by atoms with Crippen molar-refractivity contribution in [2.75, 3.05) is 6.54 Å². The smallest absolute Gasteiger partial charge is 0.0845 e.